The van der Waals surface area contributed by atoms with Crippen LogP contribution in [0.1, 0.15) is 41.4 Å². The third kappa shape index (κ3) is 7.57. The molecule has 4 N–H and O–H groups in total. The molecule has 4 rings (SSSR count). The van der Waals surface area contributed by atoms with E-state index in [2.05, 4.69) is 49.7 Å². The third-order valence-electron chi connectivity index (χ3n) is 6.31. The molecule has 0 atom stereocenters. The summed E-state index contributed by atoms with van der Waals surface area (Å²) in [4.78, 5) is 25.8. The van der Waals surface area contributed by atoms with Crippen molar-refractivity contribution in [2.75, 3.05) is 55.4 Å². The predicted molar refractivity (Wildman–Crippen MR) is 148 cm³/mol. The van der Waals surface area contributed by atoms with Crippen molar-refractivity contribution in [2.24, 2.45) is 0 Å². The number of amides is 1. The number of anilines is 3. The van der Waals surface area contributed by atoms with Gasteiger partial charge in [0, 0.05) is 49.2 Å². The van der Waals surface area contributed by atoms with Crippen LogP contribution in [0, 0.1) is 11.3 Å². The maximum Gasteiger partial charge on any atom is 0.269 e. The highest BCUT2D eigenvalue weighted by Crippen LogP contribution is 2.21. The fraction of sp³-hybridized carbons (Fsp3) is 0.357. The molecule has 10 nitrogen and oxygen atoms in total. The molecule has 1 fully saturated rings. The zero-order valence-corrected chi connectivity index (χ0v) is 21.7. The number of ether oxygens (including phenoxy) is 1. The van der Waals surface area contributed by atoms with Crippen molar-refractivity contribution in [1.82, 2.24) is 20.3 Å². The van der Waals surface area contributed by atoms with Gasteiger partial charge >= 0.3 is 0 Å². The minimum absolute atomic E-state index is 0.144. The van der Waals surface area contributed by atoms with Crippen LogP contribution in [0.3, 0.4) is 0 Å². The molecule has 10 heteroatoms. The summed E-state index contributed by atoms with van der Waals surface area (Å²) in [5, 5.41) is 9.02. The highest BCUT2D eigenvalue weighted by molar-refractivity contribution is 5.95. The summed E-state index contributed by atoms with van der Waals surface area (Å²) in [6, 6.07) is 18.6. The molecule has 2 heterocycles. The lowest BCUT2D eigenvalue weighted by Gasteiger charge is -2.36. The number of benzene rings is 2. The lowest BCUT2D eigenvalue weighted by Crippen LogP contribution is -2.46. The molecule has 1 aliphatic heterocycles. The van der Waals surface area contributed by atoms with Crippen LogP contribution in [0.15, 0.2) is 54.6 Å². The summed E-state index contributed by atoms with van der Waals surface area (Å²) >= 11 is 0. The summed E-state index contributed by atoms with van der Waals surface area (Å²) in [5.74, 6) is 1.11. The van der Waals surface area contributed by atoms with E-state index < -0.39 is 0 Å². The van der Waals surface area contributed by atoms with Crippen LogP contribution in [0.4, 0.5) is 17.5 Å². The van der Waals surface area contributed by atoms with Gasteiger partial charge in [0.05, 0.1) is 18.2 Å². The Kier molecular flexibility index (Phi) is 9.32. The monoisotopic (exact) mass is 514 g/mol. The molecule has 0 saturated carbocycles. The van der Waals surface area contributed by atoms with E-state index in [4.69, 9.17) is 15.7 Å². The van der Waals surface area contributed by atoms with E-state index in [-0.39, 0.29) is 11.9 Å². The Labute approximate surface area is 223 Å². The van der Waals surface area contributed by atoms with Crippen LogP contribution in [0.25, 0.3) is 0 Å². The van der Waals surface area contributed by atoms with Crippen molar-refractivity contribution in [3.05, 3.63) is 71.4 Å². The van der Waals surface area contributed by atoms with Crippen LogP contribution in [0.2, 0.25) is 0 Å². The normalized spacial score (nSPS) is 13.5. The Balaban J connectivity index is 1.21. The van der Waals surface area contributed by atoms with Crippen molar-refractivity contribution in [2.45, 2.75) is 26.2 Å². The molecule has 1 aliphatic rings. The quantitative estimate of drug-likeness (QED) is 0.330. The Morgan fingerprint density at radius 1 is 1.11 bits per heavy atom. The number of carbonyl (C=O) groups excluding carboxylic acids is 1. The summed E-state index contributed by atoms with van der Waals surface area (Å²) in [7, 11) is 0. The number of nitrogens with two attached hydrogens (primary N) is 1. The lowest BCUT2D eigenvalue weighted by molar-refractivity contribution is 0.0962. The van der Waals surface area contributed by atoms with Crippen molar-refractivity contribution in [1.29, 1.82) is 5.26 Å². The van der Waals surface area contributed by atoms with Gasteiger partial charge in [0.1, 0.15) is 11.6 Å². The Morgan fingerprint density at radius 3 is 2.63 bits per heavy atom. The van der Waals surface area contributed by atoms with Crippen LogP contribution in [-0.4, -0.2) is 60.1 Å². The number of rotatable bonds is 11. The number of nitriles is 1. The molecule has 1 aromatic heterocycles. The number of nitrogens with zero attached hydrogens (tertiary/aromatic N) is 5. The number of nitrogen functional groups attached to an aromatic ring is 1. The van der Waals surface area contributed by atoms with Gasteiger partial charge in [-0.15, -0.1) is 0 Å². The van der Waals surface area contributed by atoms with Gasteiger partial charge in [0.2, 0.25) is 5.95 Å². The van der Waals surface area contributed by atoms with E-state index in [1.807, 2.05) is 18.2 Å². The minimum Gasteiger partial charge on any atom is -0.494 e. The predicted octanol–water partition coefficient (Wildman–Crippen LogP) is 3.23. The van der Waals surface area contributed by atoms with E-state index >= 15 is 0 Å². The van der Waals surface area contributed by atoms with Gasteiger partial charge in [-0.05, 0) is 68.3 Å². The maximum atomic E-state index is 12.4. The number of piperazine rings is 1. The molecule has 0 bridgehead atoms. The second-order valence-corrected chi connectivity index (χ2v) is 9.15. The first-order chi connectivity index (χ1) is 18.5. The van der Waals surface area contributed by atoms with E-state index in [1.165, 1.54) is 11.8 Å². The summed E-state index contributed by atoms with van der Waals surface area (Å²) in [6.45, 7) is 7.80. The Morgan fingerprint density at radius 2 is 1.89 bits per heavy atom. The Bertz CT molecular complexity index is 1250. The van der Waals surface area contributed by atoms with E-state index in [0.29, 0.717) is 16.9 Å². The number of hydrazine groups is 1. The van der Waals surface area contributed by atoms with Gasteiger partial charge in [0.15, 0.2) is 0 Å². The van der Waals surface area contributed by atoms with Gasteiger partial charge in [-0.2, -0.15) is 10.2 Å². The first-order valence-electron chi connectivity index (χ1n) is 12.9. The zero-order valence-electron chi connectivity index (χ0n) is 21.7. The molecule has 1 amide bonds. The fourth-order valence-corrected chi connectivity index (χ4v) is 4.32. The van der Waals surface area contributed by atoms with Crippen molar-refractivity contribution in [3.63, 3.8) is 0 Å². The summed E-state index contributed by atoms with van der Waals surface area (Å²) < 4.78 is 5.68. The minimum atomic E-state index is -0.374. The van der Waals surface area contributed by atoms with Gasteiger partial charge < -0.3 is 15.4 Å². The first-order valence-corrected chi connectivity index (χ1v) is 12.9. The first kappa shape index (κ1) is 26.7. The van der Waals surface area contributed by atoms with Crippen LogP contribution in [0.5, 0.6) is 5.75 Å². The van der Waals surface area contributed by atoms with Crippen LogP contribution >= 0.6 is 0 Å². The number of aryl methyl sites for hydroxylation is 1. The molecule has 3 aromatic rings. The molecule has 198 valence electrons. The highest BCUT2D eigenvalue weighted by Gasteiger charge is 2.17. The number of hydrogen-bond acceptors (Lipinski definition) is 9. The van der Waals surface area contributed by atoms with Crippen molar-refractivity contribution in [3.8, 4) is 11.8 Å². The van der Waals surface area contributed by atoms with Crippen LogP contribution < -0.4 is 26.2 Å². The molecule has 0 spiro atoms. The molecular formula is C28H34N8O2. The molecule has 1 saturated heterocycles. The molecular weight excluding hydrogens is 480 g/mol. The average molecular weight is 515 g/mol. The SMILES string of the molecule is CCCOc1ccc(N2CCN(CCCc3cc(NNC(=O)c4cccc(C#N)c4)nc(N)n3)CC2)cc1. The number of hydrogen-bond donors (Lipinski definition) is 3. The lowest BCUT2D eigenvalue weighted by atomic mass is 10.1. The molecule has 2 aromatic carbocycles. The molecule has 38 heavy (non-hydrogen) atoms. The zero-order chi connectivity index (χ0) is 26.7. The maximum absolute atomic E-state index is 12.4. The molecule has 0 unspecified atom stereocenters. The van der Waals surface area contributed by atoms with Gasteiger partial charge in [-0.1, -0.05) is 13.0 Å². The number of carbonyl (C=O) groups is 1. The summed E-state index contributed by atoms with van der Waals surface area (Å²) in [6.07, 6.45) is 2.69. The van der Waals surface area contributed by atoms with Crippen molar-refractivity contribution < 1.29 is 9.53 Å². The highest BCUT2D eigenvalue weighted by atomic mass is 16.5. The van der Waals surface area contributed by atoms with Crippen molar-refractivity contribution >= 4 is 23.4 Å². The van der Waals surface area contributed by atoms with E-state index in [1.54, 1.807) is 24.3 Å². The number of aromatic nitrogens is 2. The van der Waals surface area contributed by atoms with Gasteiger partial charge in [-0.25, -0.2) is 4.98 Å². The number of nitrogens with one attached hydrogen (secondary N) is 2. The van der Waals surface area contributed by atoms with E-state index in [0.717, 1.165) is 70.0 Å². The largest absolute Gasteiger partial charge is 0.494 e. The smallest absolute Gasteiger partial charge is 0.269 e. The standard InChI is InChI=1S/C28H34N8O2/c1-2-17-38-25-10-8-24(9-11-25)36-15-13-35(14-16-36)12-4-7-23-19-26(32-28(30)31-23)33-34-27(37)22-6-3-5-21(18-22)20-29/h3,5-6,8-11,18-19H,2,4,7,12-17H2,1H3,(H,34,37)(H3,30,31,32,33). The summed E-state index contributed by atoms with van der Waals surface area (Å²) in [5.41, 5.74) is 14.1. The van der Waals surface area contributed by atoms with Gasteiger partial charge in [0.25, 0.3) is 5.91 Å². The van der Waals surface area contributed by atoms with E-state index in [9.17, 15) is 4.79 Å². The van der Waals surface area contributed by atoms with Gasteiger partial charge in [-0.3, -0.25) is 20.5 Å². The van der Waals surface area contributed by atoms with Crippen LogP contribution in [-0.2, 0) is 6.42 Å². The molecule has 0 aliphatic carbocycles. The second-order valence-electron chi connectivity index (χ2n) is 9.15. The second kappa shape index (κ2) is 13.3. The molecule has 0 radical (unpaired) electrons. The topological polar surface area (TPSA) is 132 Å². The average Bonchev–Trinajstić information content (AvgIpc) is 2.95. The fourth-order valence-electron chi connectivity index (χ4n) is 4.32. The Hall–Kier alpha value is -4.36. The third-order valence-corrected chi connectivity index (χ3v) is 6.31.